The lowest BCUT2D eigenvalue weighted by molar-refractivity contribution is 0.236. The summed E-state index contributed by atoms with van der Waals surface area (Å²) in [4.78, 5) is 2.31. The van der Waals surface area contributed by atoms with Gasteiger partial charge in [0.05, 0.1) is 0 Å². The Morgan fingerprint density at radius 3 is 2.52 bits per heavy atom. The van der Waals surface area contributed by atoms with Gasteiger partial charge in [-0.05, 0) is 51.5 Å². The van der Waals surface area contributed by atoms with E-state index in [0.717, 1.165) is 32.5 Å². The molecule has 0 fully saturated rings. The average Bonchev–Trinajstić information content (AvgIpc) is 2.93. The summed E-state index contributed by atoms with van der Waals surface area (Å²) in [6.07, 6.45) is 1.70. The van der Waals surface area contributed by atoms with Gasteiger partial charge < -0.3 is 14.4 Å². The standard InChI is InChI=1S/C14H26N2O4S/c1-4-16(5-2)10-6-7-12(3)15-21(18,19)14-9-8-13(11-17)20-14/h8-9,12,15,17H,4-7,10-11H2,1-3H3. The maximum Gasteiger partial charge on any atom is 0.274 e. The van der Waals surface area contributed by atoms with Gasteiger partial charge in [0, 0.05) is 6.04 Å². The third-order valence-corrected chi connectivity index (χ3v) is 4.88. The number of aliphatic hydroxyl groups excluding tert-OH is 1. The van der Waals surface area contributed by atoms with Crippen LogP contribution in [0.5, 0.6) is 0 Å². The van der Waals surface area contributed by atoms with E-state index in [1.54, 1.807) is 0 Å². The Labute approximate surface area is 127 Å². The lowest BCUT2D eigenvalue weighted by atomic mass is 10.2. The van der Waals surface area contributed by atoms with Crippen molar-refractivity contribution < 1.29 is 17.9 Å². The molecular weight excluding hydrogens is 292 g/mol. The van der Waals surface area contributed by atoms with Crippen molar-refractivity contribution in [3.05, 3.63) is 17.9 Å². The van der Waals surface area contributed by atoms with Crippen molar-refractivity contribution in [1.82, 2.24) is 9.62 Å². The Morgan fingerprint density at radius 2 is 2.00 bits per heavy atom. The van der Waals surface area contributed by atoms with E-state index in [1.165, 1.54) is 12.1 Å². The van der Waals surface area contributed by atoms with Gasteiger partial charge in [-0.1, -0.05) is 13.8 Å². The molecule has 0 aliphatic rings. The number of aliphatic hydroxyl groups is 1. The van der Waals surface area contributed by atoms with Gasteiger partial charge in [-0.3, -0.25) is 0 Å². The molecule has 1 atom stereocenters. The fourth-order valence-electron chi connectivity index (χ4n) is 2.13. The summed E-state index contributed by atoms with van der Waals surface area (Å²) < 4.78 is 31.8. The molecule has 0 bridgehead atoms. The summed E-state index contributed by atoms with van der Waals surface area (Å²) in [5.41, 5.74) is 0. The number of nitrogens with zero attached hydrogens (tertiary/aromatic N) is 1. The van der Waals surface area contributed by atoms with Crippen molar-refractivity contribution in [2.75, 3.05) is 19.6 Å². The molecule has 0 aliphatic heterocycles. The van der Waals surface area contributed by atoms with E-state index in [1.807, 2.05) is 6.92 Å². The van der Waals surface area contributed by atoms with Gasteiger partial charge in [0.1, 0.15) is 12.4 Å². The minimum atomic E-state index is -3.65. The fourth-order valence-corrected chi connectivity index (χ4v) is 3.36. The van der Waals surface area contributed by atoms with Gasteiger partial charge in [-0.15, -0.1) is 0 Å². The van der Waals surface area contributed by atoms with E-state index in [2.05, 4.69) is 23.5 Å². The molecule has 6 nitrogen and oxygen atoms in total. The first-order valence-electron chi connectivity index (χ1n) is 7.37. The Bertz CT molecular complexity index is 509. The third-order valence-electron chi connectivity index (χ3n) is 3.42. The molecule has 1 rings (SSSR count). The van der Waals surface area contributed by atoms with Crippen molar-refractivity contribution in [2.45, 2.75) is 51.4 Å². The number of hydrogen-bond acceptors (Lipinski definition) is 5. The van der Waals surface area contributed by atoms with Crippen LogP contribution in [0.4, 0.5) is 0 Å². The Balaban J connectivity index is 2.47. The highest BCUT2D eigenvalue weighted by Gasteiger charge is 2.21. The highest BCUT2D eigenvalue weighted by molar-refractivity contribution is 7.89. The minimum absolute atomic E-state index is 0.151. The van der Waals surface area contributed by atoms with E-state index in [9.17, 15) is 8.42 Å². The van der Waals surface area contributed by atoms with Crippen LogP contribution < -0.4 is 4.72 Å². The molecule has 0 saturated carbocycles. The zero-order valence-corrected chi connectivity index (χ0v) is 13.8. The molecule has 0 saturated heterocycles. The van der Waals surface area contributed by atoms with Gasteiger partial charge in [-0.2, -0.15) is 0 Å². The molecule has 0 radical (unpaired) electrons. The first-order valence-corrected chi connectivity index (χ1v) is 8.85. The number of rotatable bonds is 10. The summed E-state index contributed by atoms with van der Waals surface area (Å²) in [5, 5.41) is 8.75. The summed E-state index contributed by atoms with van der Waals surface area (Å²) in [6, 6.07) is 2.66. The molecule has 0 aliphatic carbocycles. The number of sulfonamides is 1. The molecule has 7 heteroatoms. The molecule has 2 N–H and O–H groups in total. The normalized spacial score (nSPS) is 13.8. The Kier molecular flexibility index (Phi) is 7.37. The molecule has 0 aromatic carbocycles. The Hall–Kier alpha value is -0.890. The lowest BCUT2D eigenvalue weighted by Gasteiger charge is -2.19. The molecule has 1 heterocycles. The van der Waals surface area contributed by atoms with Gasteiger partial charge in [0.2, 0.25) is 5.09 Å². The topological polar surface area (TPSA) is 82.8 Å². The fraction of sp³-hybridized carbons (Fsp3) is 0.714. The van der Waals surface area contributed by atoms with Crippen LogP contribution in [0.15, 0.2) is 21.6 Å². The first kappa shape index (κ1) is 18.2. The summed E-state index contributed by atoms with van der Waals surface area (Å²) >= 11 is 0. The van der Waals surface area contributed by atoms with Crippen molar-refractivity contribution in [2.24, 2.45) is 0 Å². The molecular formula is C14H26N2O4S. The second-order valence-electron chi connectivity index (χ2n) is 5.07. The molecule has 1 aromatic heterocycles. The summed E-state index contributed by atoms with van der Waals surface area (Å²) in [7, 11) is -3.65. The summed E-state index contributed by atoms with van der Waals surface area (Å²) in [5.74, 6) is 0.240. The Morgan fingerprint density at radius 1 is 1.33 bits per heavy atom. The maximum atomic E-state index is 12.1. The van der Waals surface area contributed by atoms with Gasteiger partial charge in [-0.25, -0.2) is 13.1 Å². The van der Waals surface area contributed by atoms with E-state index in [0.29, 0.717) is 0 Å². The van der Waals surface area contributed by atoms with Crippen LogP contribution in [0.25, 0.3) is 0 Å². The predicted octanol–water partition coefficient (Wildman–Crippen LogP) is 1.56. The summed E-state index contributed by atoms with van der Waals surface area (Å²) in [6.45, 7) is 8.75. The van der Waals surface area contributed by atoms with Crippen LogP contribution in [-0.2, 0) is 16.6 Å². The van der Waals surface area contributed by atoms with Crippen LogP contribution in [0.3, 0.4) is 0 Å². The molecule has 122 valence electrons. The number of nitrogens with one attached hydrogen (secondary N) is 1. The van der Waals surface area contributed by atoms with Crippen molar-refractivity contribution >= 4 is 10.0 Å². The molecule has 1 aromatic rings. The molecule has 0 spiro atoms. The van der Waals surface area contributed by atoms with E-state index >= 15 is 0 Å². The highest BCUT2D eigenvalue weighted by atomic mass is 32.2. The monoisotopic (exact) mass is 318 g/mol. The second-order valence-corrected chi connectivity index (χ2v) is 6.72. The molecule has 1 unspecified atom stereocenters. The van der Waals surface area contributed by atoms with Gasteiger partial charge >= 0.3 is 0 Å². The second kappa shape index (κ2) is 8.53. The van der Waals surface area contributed by atoms with Crippen molar-refractivity contribution in [1.29, 1.82) is 0 Å². The van der Waals surface area contributed by atoms with Crippen LogP contribution in [-0.4, -0.2) is 44.1 Å². The highest BCUT2D eigenvalue weighted by Crippen LogP contribution is 2.14. The van der Waals surface area contributed by atoms with Crippen LogP contribution >= 0.6 is 0 Å². The third kappa shape index (κ3) is 5.78. The number of hydrogen-bond donors (Lipinski definition) is 2. The first-order chi connectivity index (χ1) is 9.92. The maximum absolute atomic E-state index is 12.1. The quantitative estimate of drug-likeness (QED) is 0.684. The largest absolute Gasteiger partial charge is 0.446 e. The zero-order chi connectivity index (χ0) is 15.9. The smallest absolute Gasteiger partial charge is 0.274 e. The van der Waals surface area contributed by atoms with E-state index < -0.39 is 10.0 Å². The SMILES string of the molecule is CCN(CC)CCCC(C)NS(=O)(=O)c1ccc(CO)o1. The van der Waals surface area contributed by atoms with E-state index in [-0.39, 0.29) is 23.5 Å². The molecule has 0 amide bonds. The zero-order valence-electron chi connectivity index (χ0n) is 13.0. The van der Waals surface area contributed by atoms with Crippen molar-refractivity contribution in [3.8, 4) is 0 Å². The van der Waals surface area contributed by atoms with Gasteiger partial charge in [0.25, 0.3) is 10.0 Å². The van der Waals surface area contributed by atoms with Crippen LogP contribution in [0, 0.1) is 0 Å². The molecule has 21 heavy (non-hydrogen) atoms. The van der Waals surface area contributed by atoms with Crippen molar-refractivity contribution in [3.63, 3.8) is 0 Å². The lowest BCUT2D eigenvalue weighted by Crippen LogP contribution is -2.33. The number of furan rings is 1. The minimum Gasteiger partial charge on any atom is -0.446 e. The average molecular weight is 318 g/mol. The predicted molar refractivity (Wildman–Crippen MR) is 81.4 cm³/mol. The van der Waals surface area contributed by atoms with Crippen LogP contribution in [0.2, 0.25) is 0 Å². The van der Waals surface area contributed by atoms with Gasteiger partial charge in [0.15, 0.2) is 0 Å². The van der Waals surface area contributed by atoms with E-state index in [4.69, 9.17) is 9.52 Å². The van der Waals surface area contributed by atoms with Crippen LogP contribution in [0.1, 0.15) is 39.4 Å².